The molecule has 0 unspecified atom stereocenters. The molecule has 0 aliphatic carbocycles. The van der Waals surface area contributed by atoms with Crippen molar-refractivity contribution in [2.24, 2.45) is 5.16 Å². The minimum absolute atomic E-state index is 0.494. The molecule has 5 heteroatoms. The van der Waals surface area contributed by atoms with Crippen LogP contribution in [-0.2, 0) is 0 Å². The second-order valence-corrected chi connectivity index (χ2v) is 2.00. The molecule has 0 aliphatic heterocycles. The Bertz CT molecular complexity index is 325. The second-order valence-electron chi connectivity index (χ2n) is 2.00. The molecule has 1 rings (SSSR count). The first kappa shape index (κ1) is 8.58. The van der Waals surface area contributed by atoms with Gasteiger partial charge < -0.3 is 5.21 Å². The zero-order valence-corrected chi connectivity index (χ0v) is 5.76. The molecule has 0 spiro atoms. The van der Waals surface area contributed by atoms with Crippen LogP contribution < -0.4 is 0 Å². The lowest BCUT2D eigenvalue weighted by atomic mass is 10.2. The lowest BCUT2D eigenvalue weighted by molar-refractivity contribution is 0.321. The molecule has 0 saturated carbocycles. The van der Waals surface area contributed by atoms with Gasteiger partial charge in [0.2, 0.25) is 0 Å². The van der Waals surface area contributed by atoms with Crippen molar-refractivity contribution < 1.29 is 18.4 Å². The van der Waals surface area contributed by atoms with Gasteiger partial charge in [0.15, 0.2) is 11.6 Å². The van der Waals surface area contributed by atoms with E-state index in [4.69, 9.17) is 5.21 Å². The van der Waals surface area contributed by atoms with Gasteiger partial charge in [0.1, 0.15) is 5.82 Å². The molecule has 1 N–H and O–H groups in total. The van der Waals surface area contributed by atoms with E-state index in [9.17, 15) is 13.2 Å². The molecule has 0 saturated heterocycles. The highest BCUT2D eigenvalue weighted by molar-refractivity contribution is 5.79. The molecule has 1 aromatic carbocycles. The number of halogens is 3. The predicted molar refractivity (Wildman–Crippen MR) is 35.7 cm³/mol. The van der Waals surface area contributed by atoms with Crippen LogP contribution in [0.3, 0.4) is 0 Å². The molecule has 0 bridgehead atoms. The van der Waals surface area contributed by atoms with Crippen LogP contribution in [0.4, 0.5) is 13.2 Å². The van der Waals surface area contributed by atoms with E-state index < -0.39 is 23.0 Å². The minimum atomic E-state index is -1.37. The monoisotopic (exact) mass is 175 g/mol. The van der Waals surface area contributed by atoms with E-state index in [1.165, 1.54) is 0 Å². The van der Waals surface area contributed by atoms with Crippen molar-refractivity contribution in [1.82, 2.24) is 0 Å². The van der Waals surface area contributed by atoms with Crippen LogP contribution in [0, 0.1) is 17.5 Å². The van der Waals surface area contributed by atoms with Gasteiger partial charge in [-0.05, 0) is 12.1 Å². The van der Waals surface area contributed by atoms with Crippen LogP contribution in [0.1, 0.15) is 5.56 Å². The Balaban J connectivity index is 3.32. The molecule has 12 heavy (non-hydrogen) atoms. The zero-order chi connectivity index (χ0) is 9.14. The molecule has 0 fully saturated rings. The average molecular weight is 175 g/mol. The van der Waals surface area contributed by atoms with Crippen molar-refractivity contribution in [3.8, 4) is 0 Å². The maximum absolute atomic E-state index is 12.6. The summed E-state index contributed by atoms with van der Waals surface area (Å²) in [5, 5.41) is 10.4. The van der Waals surface area contributed by atoms with Gasteiger partial charge in [0.25, 0.3) is 0 Å². The highest BCUT2D eigenvalue weighted by atomic mass is 19.2. The fraction of sp³-hybridized carbons (Fsp3) is 0. The Kier molecular flexibility index (Phi) is 2.32. The molecule has 2 nitrogen and oxygen atoms in total. The van der Waals surface area contributed by atoms with E-state index in [2.05, 4.69) is 5.16 Å². The van der Waals surface area contributed by atoms with Crippen molar-refractivity contribution in [2.75, 3.05) is 0 Å². The summed E-state index contributed by atoms with van der Waals surface area (Å²) in [6.07, 6.45) is 0.494. The number of rotatable bonds is 1. The summed E-state index contributed by atoms with van der Waals surface area (Å²) in [7, 11) is 0. The largest absolute Gasteiger partial charge is 0.411 e. The quantitative estimate of drug-likeness (QED) is 0.300. The van der Waals surface area contributed by atoms with Gasteiger partial charge in [0, 0.05) is 0 Å². The summed E-state index contributed by atoms with van der Waals surface area (Å²) >= 11 is 0. The number of hydrogen-bond donors (Lipinski definition) is 1. The first-order valence-electron chi connectivity index (χ1n) is 2.97. The van der Waals surface area contributed by atoms with Crippen LogP contribution in [0.2, 0.25) is 0 Å². The van der Waals surface area contributed by atoms with E-state index in [0.717, 1.165) is 6.07 Å². The van der Waals surface area contributed by atoms with Crippen molar-refractivity contribution in [3.63, 3.8) is 0 Å². The number of hydrogen-bond acceptors (Lipinski definition) is 2. The Morgan fingerprint density at radius 2 is 1.75 bits per heavy atom. The van der Waals surface area contributed by atoms with Gasteiger partial charge in [-0.2, -0.15) is 0 Å². The van der Waals surface area contributed by atoms with Gasteiger partial charge in [0.05, 0.1) is 11.8 Å². The van der Waals surface area contributed by atoms with Crippen molar-refractivity contribution in [2.45, 2.75) is 0 Å². The molecule has 1 aromatic rings. The second kappa shape index (κ2) is 3.25. The fourth-order valence-electron chi connectivity index (χ4n) is 0.719. The first-order valence-corrected chi connectivity index (χ1v) is 2.97. The van der Waals surface area contributed by atoms with Crippen LogP contribution in [0.15, 0.2) is 17.3 Å². The van der Waals surface area contributed by atoms with Gasteiger partial charge in [-0.25, -0.2) is 13.2 Å². The topological polar surface area (TPSA) is 32.6 Å². The Morgan fingerprint density at radius 1 is 1.17 bits per heavy atom. The summed E-state index contributed by atoms with van der Waals surface area (Å²) in [4.78, 5) is 0. The predicted octanol–water partition coefficient (Wildman–Crippen LogP) is 1.91. The summed E-state index contributed by atoms with van der Waals surface area (Å²) in [6, 6.07) is 1.40. The van der Waals surface area contributed by atoms with Gasteiger partial charge in [-0.15, -0.1) is 0 Å². The van der Waals surface area contributed by atoms with Crippen LogP contribution in [-0.4, -0.2) is 11.4 Å². The van der Waals surface area contributed by atoms with E-state index in [1.807, 2.05) is 0 Å². The molecule has 0 aliphatic rings. The van der Waals surface area contributed by atoms with Crippen LogP contribution in [0.25, 0.3) is 0 Å². The Labute approximate surface area is 65.9 Å². The van der Waals surface area contributed by atoms with Gasteiger partial charge >= 0.3 is 0 Å². The highest BCUT2D eigenvalue weighted by Crippen LogP contribution is 2.13. The fourth-order valence-corrected chi connectivity index (χ4v) is 0.719. The molecule has 0 radical (unpaired) electrons. The third-order valence-corrected chi connectivity index (χ3v) is 1.27. The Morgan fingerprint density at radius 3 is 2.33 bits per heavy atom. The zero-order valence-electron chi connectivity index (χ0n) is 5.76. The average Bonchev–Trinajstić information content (AvgIpc) is 2.06. The maximum atomic E-state index is 12.6. The van der Waals surface area contributed by atoms with E-state index in [-0.39, 0.29) is 0 Å². The standard InChI is InChI=1S/C7H4F3NO/c8-5-1-2-6(9)7(10)4(5)3-11-12/h1-3,12H. The number of benzene rings is 1. The van der Waals surface area contributed by atoms with Crippen molar-refractivity contribution >= 4 is 6.21 Å². The maximum Gasteiger partial charge on any atom is 0.170 e. The summed E-state index contributed by atoms with van der Waals surface area (Å²) < 4.78 is 37.6. The van der Waals surface area contributed by atoms with E-state index in [1.54, 1.807) is 0 Å². The Hall–Kier alpha value is -1.52. The van der Waals surface area contributed by atoms with E-state index >= 15 is 0 Å². The van der Waals surface area contributed by atoms with Crippen LogP contribution in [0.5, 0.6) is 0 Å². The normalized spacial score (nSPS) is 10.9. The molecular formula is C7H4F3NO. The minimum Gasteiger partial charge on any atom is -0.411 e. The third kappa shape index (κ3) is 1.39. The van der Waals surface area contributed by atoms with Gasteiger partial charge in [-0.1, -0.05) is 5.16 Å². The smallest absolute Gasteiger partial charge is 0.170 e. The number of oxime groups is 1. The van der Waals surface area contributed by atoms with Crippen molar-refractivity contribution in [3.05, 3.63) is 35.1 Å². The molecule has 64 valence electrons. The lowest BCUT2D eigenvalue weighted by Gasteiger charge is -1.97. The number of nitrogens with zero attached hydrogens (tertiary/aromatic N) is 1. The summed E-state index contributed by atoms with van der Waals surface area (Å²) in [5.74, 6) is -3.54. The van der Waals surface area contributed by atoms with Gasteiger partial charge in [-0.3, -0.25) is 0 Å². The molecule has 0 atom stereocenters. The molecule has 0 aromatic heterocycles. The summed E-state index contributed by atoms with van der Waals surface area (Å²) in [6.45, 7) is 0. The van der Waals surface area contributed by atoms with E-state index in [0.29, 0.717) is 12.3 Å². The molecular weight excluding hydrogens is 171 g/mol. The van der Waals surface area contributed by atoms with Crippen molar-refractivity contribution in [1.29, 1.82) is 0 Å². The lowest BCUT2D eigenvalue weighted by Crippen LogP contribution is -1.97. The first-order chi connectivity index (χ1) is 5.66. The third-order valence-electron chi connectivity index (χ3n) is 1.27. The molecule has 0 heterocycles. The summed E-state index contributed by atoms with van der Waals surface area (Å²) in [5.41, 5.74) is -0.697. The SMILES string of the molecule is ON=Cc1c(F)ccc(F)c1F. The van der Waals surface area contributed by atoms with Crippen LogP contribution >= 0.6 is 0 Å². The highest BCUT2D eigenvalue weighted by Gasteiger charge is 2.11. The molecule has 0 amide bonds.